The SMILES string of the molecule is C=C/C(=C\N(C)C)c1cccc(-c2c#cc(/C(C=NC)=C/C)c(C)n2)c1.CC.CC[C@@H]1CCCCC1O. The van der Waals surface area contributed by atoms with Crippen molar-refractivity contribution in [2.45, 2.75) is 72.8 Å². The minimum atomic E-state index is 0.0174. The van der Waals surface area contributed by atoms with Crippen molar-refractivity contribution in [2.24, 2.45) is 10.9 Å². The van der Waals surface area contributed by atoms with Crippen LogP contribution in [0.5, 0.6) is 0 Å². The second-order valence-corrected chi connectivity index (χ2v) is 9.16. The van der Waals surface area contributed by atoms with E-state index in [9.17, 15) is 5.11 Å². The standard InChI is InChI=1S/C23H25N3.C8H16O.C2H6/c1-7-18(15-24-4)22-12-13-23(25-17(22)3)21-11-9-10-20(14-21)19(8-2)16-26(5)6;1-2-7-5-3-4-6-8(7)9;1-2/h7-11,14-16H,2H2,1,3-6H3;7-9H,2-6H2,1H3;1-2H3/b18-7+,19-16+,24-15?;;/t;7-,8?;/m.1./s1. The van der Waals surface area contributed by atoms with Gasteiger partial charge in [-0.3, -0.25) is 4.99 Å². The highest BCUT2D eigenvalue weighted by Gasteiger charge is 2.20. The first-order valence-electron chi connectivity index (χ1n) is 13.5. The zero-order chi connectivity index (χ0) is 27.8. The summed E-state index contributed by atoms with van der Waals surface area (Å²) < 4.78 is 0. The molecule has 0 bridgehead atoms. The third kappa shape index (κ3) is 10.0. The quantitative estimate of drug-likeness (QED) is 0.311. The van der Waals surface area contributed by atoms with E-state index in [2.05, 4.69) is 42.8 Å². The van der Waals surface area contributed by atoms with Crippen molar-refractivity contribution in [1.29, 1.82) is 0 Å². The topological polar surface area (TPSA) is 48.7 Å². The van der Waals surface area contributed by atoms with Crippen LogP contribution in [0.15, 0.2) is 54.2 Å². The summed E-state index contributed by atoms with van der Waals surface area (Å²) in [4.78, 5) is 10.8. The molecule has 1 heterocycles. The number of aryl methyl sites for hydroxylation is 1. The highest BCUT2D eigenvalue weighted by Crippen LogP contribution is 2.26. The molecule has 1 aromatic heterocycles. The average molecular weight is 502 g/mol. The molecule has 0 aliphatic heterocycles. The van der Waals surface area contributed by atoms with Crippen molar-refractivity contribution in [3.05, 3.63) is 78.1 Å². The lowest BCUT2D eigenvalue weighted by Gasteiger charge is -2.25. The molecule has 4 nitrogen and oxygen atoms in total. The highest BCUT2D eigenvalue weighted by molar-refractivity contribution is 6.09. The Balaban J connectivity index is 0.000000519. The van der Waals surface area contributed by atoms with Gasteiger partial charge in [-0.1, -0.05) is 83.0 Å². The lowest BCUT2D eigenvalue weighted by atomic mass is 9.85. The van der Waals surface area contributed by atoms with Crippen LogP contribution in [-0.2, 0) is 0 Å². The van der Waals surface area contributed by atoms with Crippen LogP contribution in [0.3, 0.4) is 0 Å². The lowest BCUT2D eigenvalue weighted by Crippen LogP contribution is -2.23. The summed E-state index contributed by atoms with van der Waals surface area (Å²) in [5, 5.41) is 9.37. The predicted molar refractivity (Wildman–Crippen MR) is 162 cm³/mol. The van der Waals surface area contributed by atoms with E-state index in [0.29, 0.717) is 5.92 Å². The molecule has 1 saturated carbocycles. The van der Waals surface area contributed by atoms with Crippen LogP contribution < -0.4 is 0 Å². The summed E-state index contributed by atoms with van der Waals surface area (Å²) in [5.74, 6) is 0.610. The number of aliphatic hydroxyl groups is 1. The van der Waals surface area contributed by atoms with Crippen molar-refractivity contribution in [3.8, 4) is 11.3 Å². The van der Waals surface area contributed by atoms with Gasteiger partial charge >= 0.3 is 0 Å². The van der Waals surface area contributed by atoms with Gasteiger partial charge in [0.05, 0.1) is 17.4 Å². The van der Waals surface area contributed by atoms with Gasteiger partial charge in [0.1, 0.15) is 5.69 Å². The zero-order valence-electron chi connectivity index (χ0n) is 24.3. The van der Waals surface area contributed by atoms with Crippen LogP contribution in [-0.4, -0.2) is 48.5 Å². The molecule has 200 valence electrons. The molecule has 0 amide bonds. The van der Waals surface area contributed by atoms with Crippen LogP contribution in [0.4, 0.5) is 0 Å². The molecule has 37 heavy (non-hydrogen) atoms. The lowest BCUT2D eigenvalue weighted by molar-refractivity contribution is 0.0680. The fourth-order valence-corrected chi connectivity index (χ4v) is 4.34. The first-order chi connectivity index (χ1) is 17.8. The molecule has 1 unspecified atom stereocenters. The second kappa shape index (κ2) is 17.3. The number of aliphatic imine (C=N–C) groups is 1. The van der Waals surface area contributed by atoms with Crippen molar-refractivity contribution in [1.82, 2.24) is 9.88 Å². The third-order valence-electron chi connectivity index (χ3n) is 6.29. The van der Waals surface area contributed by atoms with Gasteiger partial charge in [-0.25, -0.2) is 4.98 Å². The van der Waals surface area contributed by atoms with Crippen molar-refractivity contribution in [2.75, 3.05) is 21.1 Å². The molecule has 1 N–H and O–H groups in total. The molecule has 0 spiro atoms. The van der Waals surface area contributed by atoms with Gasteiger partial charge in [-0.05, 0) is 55.9 Å². The monoisotopic (exact) mass is 501 g/mol. The van der Waals surface area contributed by atoms with E-state index < -0.39 is 0 Å². The number of hydrogen-bond acceptors (Lipinski definition) is 4. The van der Waals surface area contributed by atoms with Crippen LogP contribution >= 0.6 is 0 Å². The third-order valence-corrected chi connectivity index (χ3v) is 6.29. The Labute approximate surface area is 226 Å². The van der Waals surface area contributed by atoms with E-state index in [0.717, 1.165) is 52.1 Å². The average Bonchev–Trinajstić information content (AvgIpc) is 2.92. The Morgan fingerprint density at radius 2 is 1.89 bits per heavy atom. The Morgan fingerprint density at radius 1 is 1.19 bits per heavy atom. The van der Waals surface area contributed by atoms with Gasteiger partial charge in [0.2, 0.25) is 0 Å². The second-order valence-electron chi connectivity index (χ2n) is 9.16. The molecule has 1 aliphatic rings. The Kier molecular flexibility index (Phi) is 14.9. The molecule has 1 aliphatic carbocycles. The molecule has 0 saturated heterocycles. The predicted octanol–water partition coefficient (Wildman–Crippen LogP) is 7.82. The van der Waals surface area contributed by atoms with Crippen LogP contribution in [0, 0.1) is 25.0 Å². The van der Waals surface area contributed by atoms with Crippen LogP contribution in [0.25, 0.3) is 22.4 Å². The fourth-order valence-electron chi connectivity index (χ4n) is 4.34. The Morgan fingerprint density at radius 3 is 2.41 bits per heavy atom. The number of benzene rings is 1. The molecular formula is C33H47N3O. The maximum atomic E-state index is 9.37. The van der Waals surface area contributed by atoms with Crippen LogP contribution in [0.2, 0.25) is 0 Å². The molecule has 1 aromatic carbocycles. The van der Waals surface area contributed by atoms with Gasteiger partial charge in [0, 0.05) is 44.7 Å². The summed E-state index contributed by atoms with van der Waals surface area (Å²) in [6, 6.07) is 14.7. The van der Waals surface area contributed by atoms with Gasteiger partial charge in [-0.2, -0.15) is 0 Å². The number of nitrogens with zero attached hydrogens (tertiary/aromatic N) is 3. The summed E-state index contributed by atoms with van der Waals surface area (Å²) in [6.45, 7) is 14.1. The van der Waals surface area contributed by atoms with E-state index in [1.807, 2.05) is 83.4 Å². The normalized spacial score (nSPS) is 17.6. The maximum absolute atomic E-state index is 9.37. The van der Waals surface area contributed by atoms with Gasteiger partial charge in [0.15, 0.2) is 0 Å². The van der Waals surface area contributed by atoms with Gasteiger partial charge in [-0.15, -0.1) is 0 Å². The summed E-state index contributed by atoms with van der Waals surface area (Å²) in [7, 11) is 5.75. The first kappa shape index (κ1) is 31.9. The Bertz CT molecular complexity index is 1050. The van der Waals surface area contributed by atoms with E-state index >= 15 is 0 Å². The number of allylic oxidation sites excluding steroid dienone is 4. The maximum Gasteiger partial charge on any atom is 0.121 e. The molecule has 4 heteroatoms. The van der Waals surface area contributed by atoms with Crippen molar-refractivity contribution in [3.63, 3.8) is 0 Å². The van der Waals surface area contributed by atoms with Gasteiger partial charge < -0.3 is 10.0 Å². The van der Waals surface area contributed by atoms with E-state index in [1.165, 1.54) is 19.3 Å². The zero-order valence-corrected chi connectivity index (χ0v) is 24.3. The summed E-state index contributed by atoms with van der Waals surface area (Å²) >= 11 is 0. The largest absolute Gasteiger partial charge is 0.393 e. The highest BCUT2D eigenvalue weighted by atomic mass is 16.3. The molecule has 3 rings (SSSR count). The molecule has 0 radical (unpaired) electrons. The number of rotatable bonds is 7. The number of hydrogen-bond donors (Lipinski definition) is 1. The minimum absolute atomic E-state index is 0.0174. The summed E-state index contributed by atoms with van der Waals surface area (Å²) in [6.07, 6.45) is 13.8. The van der Waals surface area contributed by atoms with E-state index in [4.69, 9.17) is 4.98 Å². The van der Waals surface area contributed by atoms with Crippen molar-refractivity contribution < 1.29 is 5.11 Å². The minimum Gasteiger partial charge on any atom is -0.393 e. The Hall–Kier alpha value is -3.16. The van der Waals surface area contributed by atoms with Crippen LogP contribution in [0.1, 0.15) is 76.6 Å². The fraction of sp³-hybridized carbons (Fsp3) is 0.455. The molecule has 2 atom stereocenters. The molecule has 1 fully saturated rings. The number of aromatic nitrogens is 1. The smallest absolute Gasteiger partial charge is 0.121 e. The van der Waals surface area contributed by atoms with Crippen molar-refractivity contribution >= 4 is 17.4 Å². The van der Waals surface area contributed by atoms with Gasteiger partial charge in [0.25, 0.3) is 0 Å². The van der Waals surface area contributed by atoms with E-state index in [1.54, 1.807) is 7.05 Å². The summed E-state index contributed by atoms with van der Waals surface area (Å²) in [5.41, 5.74) is 6.77. The molecular weight excluding hydrogens is 454 g/mol. The number of aliphatic hydroxyl groups excluding tert-OH is 1. The first-order valence-corrected chi connectivity index (χ1v) is 13.5. The molecule has 2 aromatic rings. The van der Waals surface area contributed by atoms with E-state index in [-0.39, 0.29) is 6.10 Å².